The standard InChI is InChI=1S/C15H22BrN/c1-12(13-7-6-8-14(16)11-13)17-15-9-4-2-3-5-10-15/h6-8,11-12,15,17H,2-5,9-10H2,1H3/t12-/m1/s1. The molecule has 1 aliphatic carbocycles. The fourth-order valence-electron chi connectivity index (χ4n) is 2.67. The lowest BCUT2D eigenvalue weighted by Crippen LogP contribution is -2.31. The van der Waals surface area contributed by atoms with Crippen molar-refractivity contribution in [3.63, 3.8) is 0 Å². The van der Waals surface area contributed by atoms with Gasteiger partial charge < -0.3 is 5.32 Å². The Kier molecular flexibility index (Phi) is 5.05. The topological polar surface area (TPSA) is 12.0 Å². The molecule has 1 aromatic rings. The summed E-state index contributed by atoms with van der Waals surface area (Å²) in [6.07, 6.45) is 8.31. The summed E-state index contributed by atoms with van der Waals surface area (Å²) in [5.74, 6) is 0. The molecule has 1 aromatic carbocycles. The van der Waals surface area contributed by atoms with Gasteiger partial charge in [-0.2, -0.15) is 0 Å². The van der Waals surface area contributed by atoms with Gasteiger partial charge in [-0.25, -0.2) is 0 Å². The molecule has 2 rings (SSSR count). The predicted octanol–water partition coefficient (Wildman–Crippen LogP) is 4.82. The van der Waals surface area contributed by atoms with Gasteiger partial charge in [0.2, 0.25) is 0 Å². The molecule has 0 bridgehead atoms. The minimum Gasteiger partial charge on any atom is -0.307 e. The van der Waals surface area contributed by atoms with Crippen LogP contribution in [0, 0.1) is 0 Å². The van der Waals surface area contributed by atoms with Crippen molar-refractivity contribution in [2.24, 2.45) is 0 Å². The van der Waals surface area contributed by atoms with Gasteiger partial charge in [-0.3, -0.25) is 0 Å². The second-order valence-corrected chi connectivity index (χ2v) is 6.05. The Bertz CT molecular complexity index is 343. The van der Waals surface area contributed by atoms with Crippen molar-refractivity contribution in [2.45, 2.75) is 57.5 Å². The Balaban J connectivity index is 1.93. The SMILES string of the molecule is C[C@@H](NC1CCCCCC1)c1cccc(Br)c1. The lowest BCUT2D eigenvalue weighted by atomic mass is 10.0. The summed E-state index contributed by atoms with van der Waals surface area (Å²) in [5, 5.41) is 3.78. The summed E-state index contributed by atoms with van der Waals surface area (Å²) < 4.78 is 1.17. The van der Waals surface area contributed by atoms with Crippen LogP contribution in [0.3, 0.4) is 0 Å². The first kappa shape index (κ1) is 13.1. The van der Waals surface area contributed by atoms with Crippen LogP contribution in [0.15, 0.2) is 28.7 Å². The van der Waals surface area contributed by atoms with Gasteiger partial charge >= 0.3 is 0 Å². The highest BCUT2D eigenvalue weighted by Gasteiger charge is 2.15. The highest BCUT2D eigenvalue weighted by molar-refractivity contribution is 9.10. The predicted molar refractivity (Wildman–Crippen MR) is 77.2 cm³/mol. The fraction of sp³-hybridized carbons (Fsp3) is 0.600. The molecule has 1 aliphatic rings. The van der Waals surface area contributed by atoms with E-state index >= 15 is 0 Å². The van der Waals surface area contributed by atoms with Gasteiger partial charge in [0.1, 0.15) is 0 Å². The molecule has 1 nitrogen and oxygen atoms in total. The Hall–Kier alpha value is -0.340. The molecule has 2 heteroatoms. The van der Waals surface area contributed by atoms with Crippen LogP contribution in [0.2, 0.25) is 0 Å². The number of hydrogen-bond acceptors (Lipinski definition) is 1. The third-order valence-corrected chi connectivity index (χ3v) is 4.18. The summed E-state index contributed by atoms with van der Waals surface area (Å²) in [7, 11) is 0. The maximum Gasteiger partial charge on any atom is 0.0294 e. The first-order valence-electron chi connectivity index (χ1n) is 6.77. The molecular weight excluding hydrogens is 274 g/mol. The van der Waals surface area contributed by atoms with E-state index < -0.39 is 0 Å². The zero-order valence-corrected chi connectivity index (χ0v) is 12.2. The molecule has 0 heterocycles. The summed E-state index contributed by atoms with van der Waals surface area (Å²) in [6, 6.07) is 9.79. The second-order valence-electron chi connectivity index (χ2n) is 5.13. The van der Waals surface area contributed by atoms with E-state index in [4.69, 9.17) is 0 Å². The number of nitrogens with one attached hydrogen (secondary N) is 1. The number of benzene rings is 1. The Morgan fingerprint density at radius 2 is 1.88 bits per heavy atom. The lowest BCUT2D eigenvalue weighted by molar-refractivity contribution is 0.414. The highest BCUT2D eigenvalue weighted by Crippen LogP contribution is 2.22. The van der Waals surface area contributed by atoms with E-state index in [0.717, 1.165) is 0 Å². The normalized spacial score (nSPS) is 19.9. The Morgan fingerprint density at radius 1 is 1.18 bits per heavy atom. The van der Waals surface area contributed by atoms with Crippen LogP contribution in [0.4, 0.5) is 0 Å². The molecule has 0 spiro atoms. The van der Waals surface area contributed by atoms with E-state index in [9.17, 15) is 0 Å². The molecule has 0 unspecified atom stereocenters. The third-order valence-electron chi connectivity index (χ3n) is 3.69. The first-order chi connectivity index (χ1) is 8.25. The Labute approximate surface area is 113 Å². The molecule has 0 aliphatic heterocycles. The van der Waals surface area contributed by atoms with Crippen molar-refractivity contribution in [1.82, 2.24) is 5.32 Å². The van der Waals surface area contributed by atoms with Crippen LogP contribution < -0.4 is 5.32 Å². The molecule has 0 saturated heterocycles. The molecule has 1 atom stereocenters. The fourth-order valence-corrected chi connectivity index (χ4v) is 3.09. The first-order valence-corrected chi connectivity index (χ1v) is 7.56. The summed E-state index contributed by atoms with van der Waals surface area (Å²) in [6.45, 7) is 2.27. The van der Waals surface area contributed by atoms with E-state index in [2.05, 4.69) is 52.4 Å². The van der Waals surface area contributed by atoms with Crippen LogP contribution in [0.5, 0.6) is 0 Å². The molecule has 0 radical (unpaired) electrons. The van der Waals surface area contributed by atoms with Gasteiger partial charge in [-0.15, -0.1) is 0 Å². The van der Waals surface area contributed by atoms with Crippen LogP contribution in [-0.4, -0.2) is 6.04 Å². The van der Waals surface area contributed by atoms with Crippen molar-refractivity contribution in [1.29, 1.82) is 0 Å². The minimum atomic E-state index is 0.454. The van der Waals surface area contributed by atoms with Gasteiger partial charge in [-0.1, -0.05) is 53.7 Å². The largest absolute Gasteiger partial charge is 0.307 e. The van der Waals surface area contributed by atoms with E-state index in [1.165, 1.54) is 48.6 Å². The highest BCUT2D eigenvalue weighted by atomic mass is 79.9. The second kappa shape index (κ2) is 6.55. The van der Waals surface area contributed by atoms with Crippen molar-refractivity contribution in [2.75, 3.05) is 0 Å². The maximum absolute atomic E-state index is 3.78. The van der Waals surface area contributed by atoms with E-state index in [1.54, 1.807) is 0 Å². The zero-order valence-electron chi connectivity index (χ0n) is 10.6. The third kappa shape index (κ3) is 4.11. The molecule has 94 valence electrons. The molecule has 1 fully saturated rings. The van der Waals surface area contributed by atoms with Crippen molar-refractivity contribution in [3.8, 4) is 0 Å². The minimum absolute atomic E-state index is 0.454. The van der Waals surface area contributed by atoms with Crippen LogP contribution in [-0.2, 0) is 0 Å². The smallest absolute Gasteiger partial charge is 0.0294 e. The monoisotopic (exact) mass is 295 g/mol. The van der Waals surface area contributed by atoms with Crippen LogP contribution in [0.25, 0.3) is 0 Å². The molecule has 1 saturated carbocycles. The maximum atomic E-state index is 3.78. The van der Waals surface area contributed by atoms with E-state index in [1.807, 2.05) is 0 Å². The number of hydrogen-bond donors (Lipinski definition) is 1. The van der Waals surface area contributed by atoms with Gasteiger partial charge in [0.25, 0.3) is 0 Å². The summed E-state index contributed by atoms with van der Waals surface area (Å²) in [4.78, 5) is 0. The van der Waals surface area contributed by atoms with Gasteiger partial charge in [-0.05, 0) is 37.5 Å². The van der Waals surface area contributed by atoms with Crippen LogP contribution >= 0.6 is 15.9 Å². The Morgan fingerprint density at radius 3 is 2.53 bits per heavy atom. The van der Waals surface area contributed by atoms with Gasteiger partial charge in [0.05, 0.1) is 0 Å². The zero-order chi connectivity index (χ0) is 12.1. The van der Waals surface area contributed by atoms with Crippen LogP contribution in [0.1, 0.15) is 57.1 Å². The molecule has 0 amide bonds. The number of rotatable bonds is 3. The summed E-state index contributed by atoms with van der Waals surface area (Å²) in [5.41, 5.74) is 1.38. The van der Waals surface area contributed by atoms with Gasteiger partial charge in [0.15, 0.2) is 0 Å². The molecule has 1 N–H and O–H groups in total. The average molecular weight is 296 g/mol. The van der Waals surface area contributed by atoms with Gasteiger partial charge in [0, 0.05) is 16.6 Å². The molecule has 0 aromatic heterocycles. The molecule has 17 heavy (non-hydrogen) atoms. The average Bonchev–Trinajstić information content (AvgIpc) is 2.57. The van der Waals surface area contributed by atoms with Crippen molar-refractivity contribution in [3.05, 3.63) is 34.3 Å². The van der Waals surface area contributed by atoms with Crippen molar-refractivity contribution >= 4 is 15.9 Å². The van der Waals surface area contributed by atoms with E-state index in [-0.39, 0.29) is 0 Å². The summed E-state index contributed by atoms with van der Waals surface area (Å²) >= 11 is 3.54. The van der Waals surface area contributed by atoms with Crippen molar-refractivity contribution < 1.29 is 0 Å². The molecular formula is C15H22BrN. The number of halogens is 1. The van der Waals surface area contributed by atoms with E-state index in [0.29, 0.717) is 12.1 Å². The quantitative estimate of drug-likeness (QED) is 0.788. The lowest BCUT2D eigenvalue weighted by Gasteiger charge is -2.22.